The number of Topliss-reactive ketones (excluding diaryl/α,β-unsaturated/α-hetero) is 1. The van der Waals surface area contributed by atoms with Crippen molar-refractivity contribution in [3.05, 3.63) is 47.6 Å². The first-order valence-corrected chi connectivity index (χ1v) is 16.6. The molecule has 2 fully saturated rings. The van der Waals surface area contributed by atoms with E-state index in [4.69, 9.17) is 9.47 Å². The summed E-state index contributed by atoms with van der Waals surface area (Å²) in [5.74, 6) is -5.23. The number of hydrogen-bond donors (Lipinski definition) is 5. The van der Waals surface area contributed by atoms with Gasteiger partial charge in [-0.1, -0.05) is 90.2 Å². The van der Waals surface area contributed by atoms with Crippen LogP contribution in [-0.2, 0) is 23.9 Å². The monoisotopic (exact) mass is 644 g/mol. The smallest absolute Gasteiger partial charge is 0.331 e. The van der Waals surface area contributed by atoms with Gasteiger partial charge in [0, 0.05) is 48.5 Å². The van der Waals surface area contributed by atoms with Crippen LogP contribution in [0.5, 0.6) is 0 Å². The first-order chi connectivity index (χ1) is 21.5. The van der Waals surface area contributed by atoms with Crippen molar-refractivity contribution in [1.29, 1.82) is 0 Å². The average molecular weight is 645 g/mol. The predicted octanol–water partition coefficient (Wildman–Crippen LogP) is 3.25. The Balaban J connectivity index is 1.60. The molecule has 0 saturated heterocycles. The summed E-state index contributed by atoms with van der Waals surface area (Å²) in [5, 5.41) is 55.3. The van der Waals surface area contributed by atoms with E-state index in [9.17, 15) is 39.9 Å². The second-order valence-corrected chi connectivity index (χ2v) is 14.4. The molecule has 4 rings (SSSR count). The zero-order valence-electron chi connectivity index (χ0n) is 27.9. The highest BCUT2D eigenvalue weighted by Crippen LogP contribution is 2.77. The number of allylic oxidation sites excluding steroid dienone is 2. The molecule has 0 aromatic rings. The van der Waals surface area contributed by atoms with Gasteiger partial charge in [-0.3, -0.25) is 9.59 Å². The second-order valence-electron chi connectivity index (χ2n) is 14.4. The highest BCUT2D eigenvalue weighted by atomic mass is 16.6. The quantitative estimate of drug-likeness (QED) is 0.0659. The maximum absolute atomic E-state index is 13.3. The minimum Gasteiger partial charge on any atom is -0.455 e. The number of carbonyl (C=O) groups excluding carboxylic acids is 3. The highest BCUT2D eigenvalue weighted by molar-refractivity contribution is 6.04. The fourth-order valence-electron chi connectivity index (χ4n) is 8.79. The molecule has 0 heterocycles. The van der Waals surface area contributed by atoms with Crippen LogP contribution in [0, 0.1) is 29.1 Å². The normalized spacial score (nSPS) is 37.5. The SMILES string of the molecule is CCCCCCCC(O)C(O)/C=C/C=C/C(=O)O[C@@H]1[C@@H](C)[C@@]2(O)[C@@H](C=C(CO)C[C@]3(O)C(=O)C(C)=C[C@@H]23)[C@@H]2C(C)(C)[C@]12OC(C)=O. The molecule has 2 unspecified atom stereocenters. The van der Waals surface area contributed by atoms with E-state index in [1.807, 2.05) is 13.8 Å². The van der Waals surface area contributed by atoms with Crippen molar-refractivity contribution in [3.63, 3.8) is 0 Å². The molecule has 4 aliphatic carbocycles. The number of hydrogen-bond acceptors (Lipinski definition) is 10. The number of esters is 2. The van der Waals surface area contributed by atoms with E-state index in [2.05, 4.69) is 6.92 Å². The molecule has 0 radical (unpaired) electrons. The van der Waals surface area contributed by atoms with Gasteiger partial charge in [0.25, 0.3) is 0 Å². The lowest BCUT2D eigenvalue weighted by atomic mass is 9.59. The first-order valence-electron chi connectivity index (χ1n) is 16.6. The number of ketones is 1. The largest absolute Gasteiger partial charge is 0.455 e. The summed E-state index contributed by atoms with van der Waals surface area (Å²) in [6.07, 6.45) is 10.9. The third kappa shape index (κ3) is 5.96. The third-order valence-electron chi connectivity index (χ3n) is 11.2. The number of rotatable bonds is 13. The molecule has 0 amide bonds. The molecule has 0 bridgehead atoms. The Morgan fingerprint density at radius 1 is 1.09 bits per heavy atom. The number of ether oxygens (including phenoxy) is 2. The number of unbranched alkanes of at least 4 members (excludes halogenated alkanes) is 4. The molecule has 0 spiro atoms. The molecule has 0 aromatic carbocycles. The van der Waals surface area contributed by atoms with E-state index < -0.39 is 88.5 Å². The lowest BCUT2D eigenvalue weighted by Gasteiger charge is -2.53. The fraction of sp³-hybridized carbons (Fsp3) is 0.694. The Hall–Kier alpha value is -2.63. The maximum atomic E-state index is 13.3. The predicted molar refractivity (Wildman–Crippen MR) is 170 cm³/mol. The minimum atomic E-state index is -2.00. The first kappa shape index (κ1) is 36.2. The van der Waals surface area contributed by atoms with Crippen LogP contribution in [0.1, 0.15) is 86.5 Å². The lowest BCUT2D eigenvalue weighted by Crippen LogP contribution is -2.66. The van der Waals surface area contributed by atoms with Gasteiger partial charge >= 0.3 is 11.9 Å². The van der Waals surface area contributed by atoms with E-state index in [-0.39, 0.29) is 6.42 Å². The zero-order chi connectivity index (χ0) is 34.2. The Morgan fingerprint density at radius 2 is 1.76 bits per heavy atom. The lowest BCUT2D eigenvalue weighted by molar-refractivity contribution is -0.226. The van der Waals surface area contributed by atoms with Crippen molar-refractivity contribution in [2.75, 3.05) is 6.61 Å². The number of aliphatic hydroxyl groups is 5. The molecule has 5 N–H and O–H groups in total. The molecular formula is C36H52O10. The second kappa shape index (κ2) is 13.5. The van der Waals surface area contributed by atoms with E-state index in [1.54, 1.807) is 26.0 Å². The van der Waals surface area contributed by atoms with Crippen molar-refractivity contribution in [2.24, 2.45) is 29.1 Å². The Morgan fingerprint density at radius 3 is 2.39 bits per heavy atom. The van der Waals surface area contributed by atoms with Crippen LogP contribution in [0.4, 0.5) is 0 Å². The van der Waals surface area contributed by atoms with E-state index in [1.165, 1.54) is 25.2 Å². The number of aliphatic hydroxyl groups excluding tert-OH is 3. The van der Waals surface area contributed by atoms with Gasteiger partial charge < -0.3 is 35.0 Å². The van der Waals surface area contributed by atoms with Crippen molar-refractivity contribution < 1.29 is 49.4 Å². The van der Waals surface area contributed by atoms with Crippen LogP contribution in [0.2, 0.25) is 0 Å². The van der Waals surface area contributed by atoms with Gasteiger partial charge in [0.05, 0.1) is 24.4 Å². The molecule has 0 aromatic heterocycles. The van der Waals surface area contributed by atoms with Crippen LogP contribution < -0.4 is 0 Å². The fourth-order valence-corrected chi connectivity index (χ4v) is 8.79. The van der Waals surface area contributed by atoms with Crippen molar-refractivity contribution >= 4 is 17.7 Å². The third-order valence-corrected chi connectivity index (χ3v) is 11.2. The summed E-state index contributed by atoms with van der Waals surface area (Å²) < 4.78 is 12.0. The van der Waals surface area contributed by atoms with Gasteiger partial charge in [-0.05, 0) is 24.5 Å². The molecular weight excluding hydrogens is 592 g/mol. The Labute approximate surface area is 271 Å². The van der Waals surface area contributed by atoms with Gasteiger partial charge in [-0.15, -0.1) is 0 Å². The van der Waals surface area contributed by atoms with Gasteiger partial charge in [0.2, 0.25) is 0 Å². The zero-order valence-corrected chi connectivity index (χ0v) is 27.9. The Kier molecular flexibility index (Phi) is 10.6. The summed E-state index contributed by atoms with van der Waals surface area (Å²) >= 11 is 0. The summed E-state index contributed by atoms with van der Waals surface area (Å²) in [7, 11) is 0. The molecule has 256 valence electrons. The van der Waals surface area contributed by atoms with Crippen molar-refractivity contribution in [3.8, 4) is 0 Å². The van der Waals surface area contributed by atoms with Gasteiger partial charge in [0.1, 0.15) is 11.7 Å². The molecule has 4 aliphatic rings. The molecule has 10 heteroatoms. The standard InChI is InChI=1S/C36H52O10/c1-7-8-9-10-11-14-26(39)27(40)15-12-13-16-29(41)45-32-22(3)35(44)25(30-33(5,6)36(30,32)46-23(4)38)18-24(20-37)19-34(43)28(35)17-21(2)31(34)42/h12-13,15-18,22,25-28,30,32,37,39-40,43-44H,7-11,14,19-20H2,1-6H3/b15-12+,16-13+/t22-,25+,26?,27?,28-,30-,32-,34-,35-,36-/m1/s1. The van der Waals surface area contributed by atoms with Crippen LogP contribution in [-0.4, -0.2) is 85.0 Å². The van der Waals surface area contributed by atoms with Crippen molar-refractivity contribution in [1.82, 2.24) is 0 Å². The summed E-state index contributed by atoms with van der Waals surface area (Å²) in [6, 6.07) is 0. The van der Waals surface area contributed by atoms with E-state index >= 15 is 0 Å². The van der Waals surface area contributed by atoms with Crippen LogP contribution in [0.25, 0.3) is 0 Å². The van der Waals surface area contributed by atoms with Crippen LogP contribution >= 0.6 is 0 Å². The van der Waals surface area contributed by atoms with Gasteiger partial charge in [-0.2, -0.15) is 0 Å². The van der Waals surface area contributed by atoms with Crippen molar-refractivity contribution in [2.45, 2.75) is 122 Å². The molecule has 10 atom stereocenters. The summed E-state index contributed by atoms with van der Waals surface area (Å²) in [5.41, 5.74) is -5.25. The van der Waals surface area contributed by atoms with E-state index in [0.717, 1.165) is 38.2 Å². The summed E-state index contributed by atoms with van der Waals surface area (Å²) in [6.45, 7) is 9.92. The summed E-state index contributed by atoms with van der Waals surface area (Å²) in [4.78, 5) is 39.0. The topological polar surface area (TPSA) is 171 Å². The number of fused-ring (bicyclic) bond motifs is 5. The minimum absolute atomic E-state index is 0.168. The molecule has 10 nitrogen and oxygen atoms in total. The van der Waals surface area contributed by atoms with Gasteiger partial charge in [0.15, 0.2) is 11.4 Å². The Bertz CT molecular complexity index is 1310. The van der Waals surface area contributed by atoms with Gasteiger partial charge in [-0.25, -0.2) is 4.79 Å². The molecule has 0 aliphatic heterocycles. The van der Waals surface area contributed by atoms with Crippen LogP contribution in [0.3, 0.4) is 0 Å². The van der Waals surface area contributed by atoms with Crippen LogP contribution in [0.15, 0.2) is 47.6 Å². The number of carbonyl (C=O) groups is 3. The highest BCUT2D eigenvalue weighted by Gasteiger charge is 2.87. The average Bonchev–Trinajstić information content (AvgIpc) is 3.41. The molecule has 46 heavy (non-hydrogen) atoms. The van der Waals surface area contributed by atoms with E-state index in [0.29, 0.717) is 17.6 Å². The maximum Gasteiger partial charge on any atom is 0.331 e. The molecule has 2 saturated carbocycles.